The number of aromatic amines is 1. The van der Waals surface area contributed by atoms with Crippen molar-refractivity contribution < 1.29 is 19.5 Å². The van der Waals surface area contributed by atoms with E-state index in [9.17, 15) is 14.4 Å². The first-order valence-corrected chi connectivity index (χ1v) is 7.50. The number of amides is 2. The number of fused-ring (bicyclic) bond motifs is 1. The predicted octanol–water partition coefficient (Wildman–Crippen LogP) is -0.127. The molecule has 0 saturated carbocycles. The molecule has 0 unspecified atom stereocenters. The fourth-order valence-corrected chi connectivity index (χ4v) is 2.46. The molecule has 0 saturated heterocycles. The van der Waals surface area contributed by atoms with Crippen molar-refractivity contribution in [2.24, 2.45) is 11.5 Å². The molecule has 2 amide bonds. The maximum atomic E-state index is 12.2. The van der Waals surface area contributed by atoms with E-state index in [1.807, 2.05) is 24.3 Å². The van der Waals surface area contributed by atoms with E-state index in [2.05, 4.69) is 10.3 Å². The summed E-state index contributed by atoms with van der Waals surface area (Å²) in [6.07, 6.45) is 1.72. The van der Waals surface area contributed by atoms with Gasteiger partial charge in [-0.25, -0.2) is 0 Å². The van der Waals surface area contributed by atoms with E-state index in [0.717, 1.165) is 16.5 Å². The van der Waals surface area contributed by atoms with Crippen LogP contribution in [0.1, 0.15) is 18.4 Å². The summed E-state index contributed by atoms with van der Waals surface area (Å²) in [4.78, 5) is 37.2. The Morgan fingerprint density at radius 1 is 1.25 bits per heavy atom. The lowest BCUT2D eigenvalue weighted by molar-refractivity contribution is -0.137. The molecule has 0 fully saturated rings. The Balaban J connectivity index is 2.00. The van der Waals surface area contributed by atoms with Crippen molar-refractivity contribution in [2.45, 2.75) is 31.3 Å². The Morgan fingerprint density at radius 2 is 1.96 bits per heavy atom. The number of carbonyl (C=O) groups excluding carboxylic acids is 2. The molecule has 1 heterocycles. The van der Waals surface area contributed by atoms with Gasteiger partial charge in [0.2, 0.25) is 11.8 Å². The molecule has 0 aliphatic heterocycles. The average molecular weight is 332 g/mol. The zero-order valence-corrected chi connectivity index (χ0v) is 13.0. The summed E-state index contributed by atoms with van der Waals surface area (Å²) in [5, 5.41) is 12.1. The van der Waals surface area contributed by atoms with Crippen LogP contribution in [0.2, 0.25) is 0 Å². The third-order valence-corrected chi connectivity index (χ3v) is 3.76. The number of nitrogens with two attached hydrogens (primary N) is 2. The van der Waals surface area contributed by atoms with Crippen LogP contribution in [-0.4, -0.2) is 40.0 Å². The molecule has 8 nitrogen and oxygen atoms in total. The third-order valence-electron chi connectivity index (χ3n) is 3.76. The van der Waals surface area contributed by atoms with Crippen LogP contribution in [0.4, 0.5) is 0 Å². The maximum absolute atomic E-state index is 12.2. The topological polar surface area (TPSA) is 151 Å². The number of nitrogens with one attached hydrogen (secondary N) is 2. The number of aliphatic carboxylic acids is 1. The summed E-state index contributed by atoms with van der Waals surface area (Å²) in [7, 11) is 0. The van der Waals surface area contributed by atoms with Crippen molar-refractivity contribution in [2.75, 3.05) is 0 Å². The van der Waals surface area contributed by atoms with Crippen LogP contribution in [0.25, 0.3) is 10.9 Å². The minimum atomic E-state index is -1.07. The summed E-state index contributed by atoms with van der Waals surface area (Å²) in [6, 6.07) is 5.69. The summed E-state index contributed by atoms with van der Waals surface area (Å²) in [5.74, 6) is -2.41. The molecule has 1 aromatic heterocycles. The van der Waals surface area contributed by atoms with Crippen LogP contribution < -0.4 is 16.8 Å². The molecule has 0 spiro atoms. The van der Waals surface area contributed by atoms with Gasteiger partial charge in [-0.3, -0.25) is 14.4 Å². The first-order valence-electron chi connectivity index (χ1n) is 7.50. The second kappa shape index (κ2) is 7.60. The molecule has 7 N–H and O–H groups in total. The molecule has 0 aliphatic rings. The standard InChI is InChI=1S/C16H20N4O4/c17-11(7-9-8-19-12-4-2-1-3-10(9)12)16(24)20-13(15(18)23)5-6-14(21)22/h1-4,8,11,13,19H,5-7,17H2,(H2,18,23)(H,20,24)(H,21,22)/t11-,13-/m1/s1. The Labute approximate surface area is 138 Å². The highest BCUT2D eigenvalue weighted by atomic mass is 16.4. The van der Waals surface area contributed by atoms with Gasteiger partial charge in [0.15, 0.2) is 0 Å². The Kier molecular flexibility index (Phi) is 5.54. The number of carboxylic acids is 1. The minimum absolute atomic E-state index is 0.0732. The second-order valence-corrected chi connectivity index (χ2v) is 5.57. The summed E-state index contributed by atoms with van der Waals surface area (Å²) in [6.45, 7) is 0. The molecule has 0 bridgehead atoms. The second-order valence-electron chi connectivity index (χ2n) is 5.57. The van der Waals surface area contributed by atoms with Gasteiger partial charge in [0.25, 0.3) is 0 Å². The first-order chi connectivity index (χ1) is 11.4. The summed E-state index contributed by atoms with van der Waals surface area (Å²) < 4.78 is 0. The van der Waals surface area contributed by atoms with E-state index in [1.54, 1.807) is 6.20 Å². The van der Waals surface area contributed by atoms with Gasteiger partial charge in [0, 0.05) is 23.5 Å². The lowest BCUT2D eigenvalue weighted by Crippen LogP contribution is -2.51. The van der Waals surface area contributed by atoms with Crippen LogP contribution in [0.15, 0.2) is 30.5 Å². The molecule has 128 valence electrons. The van der Waals surface area contributed by atoms with Crippen LogP contribution in [0.3, 0.4) is 0 Å². The molecule has 1 aromatic carbocycles. The van der Waals surface area contributed by atoms with Crippen LogP contribution in [-0.2, 0) is 20.8 Å². The number of benzene rings is 1. The Hall–Kier alpha value is -2.87. The summed E-state index contributed by atoms with van der Waals surface area (Å²) >= 11 is 0. The number of aromatic nitrogens is 1. The van der Waals surface area contributed by atoms with Crippen LogP contribution in [0.5, 0.6) is 0 Å². The zero-order chi connectivity index (χ0) is 17.7. The zero-order valence-electron chi connectivity index (χ0n) is 13.0. The molecule has 0 radical (unpaired) electrons. The first kappa shape index (κ1) is 17.5. The Morgan fingerprint density at radius 3 is 2.62 bits per heavy atom. The lowest BCUT2D eigenvalue weighted by Gasteiger charge is -2.18. The molecule has 24 heavy (non-hydrogen) atoms. The SMILES string of the molecule is NC(=O)[C@@H](CCC(=O)O)NC(=O)[C@H](N)Cc1c[nH]c2ccccc12. The van der Waals surface area contributed by atoms with Crippen molar-refractivity contribution in [3.8, 4) is 0 Å². The smallest absolute Gasteiger partial charge is 0.303 e. The van der Waals surface area contributed by atoms with E-state index in [1.165, 1.54) is 0 Å². The number of rotatable bonds is 8. The van der Waals surface area contributed by atoms with E-state index in [4.69, 9.17) is 16.6 Å². The molecule has 8 heteroatoms. The molecule has 0 aliphatic carbocycles. The fourth-order valence-electron chi connectivity index (χ4n) is 2.46. The number of hydrogen-bond donors (Lipinski definition) is 5. The molecular formula is C16H20N4O4. The van der Waals surface area contributed by atoms with Crippen molar-refractivity contribution in [1.29, 1.82) is 0 Å². The highest BCUT2D eigenvalue weighted by molar-refractivity contribution is 5.90. The van der Waals surface area contributed by atoms with Gasteiger partial charge in [-0.2, -0.15) is 0 Å². The summed E-state index contributed by atoms with van der Waals surface area (Å²) in [5.41, 5.74) is 12.9. The normalized spacial score (nSPS) is 13.4. The average Bonchev–Trinajstić information content (AvgIpc) is 2.94. The number of primary amides is 1. The fraction of sp³-hybridized carbons (Fsp3) is 0.312. The number of carbonyl (C=O) groups is 3. The highest BCUT2D eigenvalue weighted by Gasteiger charge is 2.23. The largest absolute Gasteiger partial charge is 0.481 e. The number of para-hydroxylation sites is 1. The minimum Gasteiger partial charge on any atom is -0.481 e. The van der Waals surface area contributed by atoms with Crippen molar-refractivity contribution >= 4 is 28.7 Å². The Bertz CT molecular complexity index is 755. The van der Waals surface area contributed by atoms with Crippen molar-refractivity contribution in [1.82, 2.24) is 10.3 Å². The molecular weight excluding hydrogens is 312 g/mol. The highest BCUT2D eigenvalue weighted by Crippen LogP contribution is 2.18. The van der Waals surface area contributed by atoms with Gasteiger partial charge in [0.1, 0.15) is 6.04 Å². The van der Waals surface area contributed by atoms with E-state index >= 15 is 0 Å². The number of hydrogen-bond acceptors (Lipinski definition) is 4. The predicted molar refractivity (Wildman–Crippen MR) is 88.0 cm³/mol. The van der Waals surface area contributed by atoms with Gasteiger partial charge in [-0.1, -0.05) is 18.2 Å². The third kappa shape index (κ3) is 4.32. The van der Waals surface area contributed by atoms with Crippen molar-refractivity contribution in [3.05, 3.63) is 36.0 Å². The molecule has 2 rings (SSSR count). The van der Waals surface area contributed by atoms with Gasteiger partial charge in [-0.05, 0) is 24.5 Å². The van der Waals surface area contributed by atoms with E-state index in [-0.39, 0.29) is 19.3 Å². The van der Waals surface area contributed by atoms with Crippen LogP contribution in [0, 0.1) is 0 Å². The molecule has 2 aromatic rings. The van der Waals surface area contributed by atoms with E-state index in [0.29, 0.717) is 0 Å². The van der Waals surface area contributed by atoms with Gasteiger partial charge >= 0.3 is 5.97 Å². The van der Waals surface area contributed by atoms with Crippen molar-refractivity contribution in [3.63, 3.8) is 0 Å². The number of H-pyrrole nitrogens is 1. The van der Waals surface area contributed by atoms with Gasteiger partial charge in [0.05, 0.1) is 6.04 Å². The van der Waals surface area contributed by atoms with Crippen LogP contribution >= 0.6 is 0 Å². The maximum Gasteiger partial charge on any atom is 0.303 e. The monoisotopic (exact) mass is 332 g/mol. The van der Waals surface area contributed by atoms with Gasteiger partial charge < -0.3 is 26.9 Å². The van der Waals surface area contributed by atoms with E-state index < -0.39 is 29.9 Å². The molecule has 2 atom stereocenters. The van der Waals surface area contributed by atoms with Gasteiger partial charge in [-0.15, -0.1) is 0 Å². The number of carboxylic acid groups (broad SMARTS) is 1. The lowest BCUT2D eigenvalue weighted by atomic mass is 10.0. The quantitative estimate of drug-likeness (QED) is 0.456.